The molecule has 1 atom stereocenters. The number of ether oxygens (including phenoxy) is 1. The van der Waals surface area contributed by atoms with Crippen LogP contribution in [-0.4, -0.2) is 27.3 Å². The molecule has 7 heteroatoms. The fraction of sp³-hybridized carbons (Fsp3) is 0.500. The third-order valence-corrected chi connectivity index (χ3v) is 4.42. The number of urea groups is 1. The number of nitrogens with zero attached hydrogens (tertiary/aromatic N) is 2. The first-order valence-corrected chi connectivity index (χ1v) is 8.86. The van der Waals surface area contributed by atoms with Gasteiger partial charge in [0.15, 0.2) is 0 Å². The summed E-state index contributed by atoms with van der Waals surface area (Å²) in [5.41, 5.74) is 1.03. The summed E-state index contributed by atoms with van der Waals surface area (Å²) in [5.74, 6) is 1.53. The predicted octanol–water partition coefficient (Wildman–Crippen LogP) is 3.08. The molecule has 0 radical (unpaired) electrons. The zero-order valence-corrected chi connectivity index (χ0v) is 14.5. The minimum Gasteiger partial charge on any atom is -0.490 e. The Bertz CT molecular complexity index is 651. The Morgan fingerprint density at radius 3 is 2.72 bits per heavy atom. The Morgan fingerprint density at radius 1 is 1.28 bits per heavy atom. The van der Waals surface area contributed by atoms with Gasteiger partial charge in [0.05, 0.1) is 12.1 Å². The number of aromatic nitrogens is 3. The van der Waals surface area contributed by atoms with E-state index in [9.17, 15) is 4.79 Å². The molecule has 0 saturated heterocycles. The van der Waals surface area contributed by atoms with Gasteiger partial charge in [0, 0.05) is 6.54 Å². The SMILES string of the molecule is C[C@@H](NC(=O)NCc1ccc(OC2CCCCC2)cc1)c1ncn[nH]1. The largest absolute Gasteiger partial charge is 0.490 e. The van der Waals surface area contributed by atoms with Gasteiger partial charge in [-0.3, -0.25) is 5.10 Å². The molecule has 0 spiro atoms. The quantitative estimate of drug-likeness (QED) is 0.751. The highest BCUT2D eigenvalue weighted by Gasteiger charge is 2.15. The molecule has 7 nitrogen and oxygen atoms in total. The number of carbonyl (C=O) groups is 1. The van der Waals surface area contributed by atoms with Crippen molar-refractivity contribution in [2.45, 2.75) is 57.7 Å². The summed E-state index contributed by atoms with van der Waals surface area (Å²) >= 11 is 0. The molecular formula is C18H25N5O2. The number of H-pyrrole nitrogens is 1. The van der Waals surface area contributed by atoms with E-state index >= 15 is 0 Å². The first-order valence-electron chi connectivity index (χ1n) is 8.86. The van der Waals surface area contributed by atoms with Crippen molar-refractivity contribution in [3.05, 3.63) is 42.0 Å². The lowest BCUT2D eigenvalue weighted by Crippen LogP contribution is -2.37. The molecule has 1 aromatic carbocycles. The molecule has 3 N–H and O–H groups in total. The van der Waals surface area contributed by atoms with Crippen LogP contribution in [0.15, 0.2) is 30.6 Å². The summed E-state index contributed by atoms with van der Waals surface area (Å²) in [6.45, 7) is 2.30. The number of nitrogens with one attached hydrogen (secondary N) is 3. The number of rotatable bonds is 6. The van der Waals surface area contributed by atoms with E-state index < -0.39 is 0 Å². The van der Waals surface area contributed by atoms with Gasteiger partial charge in [-0.15, -0.1) is 0 Å². The molecule has 1 aliphatic carbocycles. The van der Waals surface area contributed by atoms with Gasteiger partial charge in [-0.05, 0) is 50.3 Å². The van der Waals surface area contributed by atoms with E-state index in [0.717, 1.165) is 24.2 Å². The highest BCUT2D eigenvalue weighted by molar-refractivity contribution is 5.74. The predicted molar refractivity (Wildman–Crippen MR) is 94.1 cm³/mol. The number of benzene rings is 1. The topological polar surface area (TPSA) is 91.9 Å². The Labute approximate surface area is 147 Å². The summed E-state index contributed by atoms with van der Waals surface area (Å²) in [6, 6.07) is 7.44. The number of hydrogen-bond donors (Lipinski definition) is 3. The average Bonchev–Trinajstić information content (AvgIpc) is 3.17. The van der Waals surface area contributed by atoms with E-state index in [1.54, 1.807) is 0 Å². The van der Waals surface area contributed by atoms with E-state index in [0.29, 0.717) is 18.5 Å². The van der Waals surface area contributed by atoms with Crippen LogP contribution in [0.25, 0.3) is 0 Å². The van der Waals surface area contributed by atoms with E-state index in [-0.39, 0.29) is 12.1 Å². The van der Waals surface area contributed by atoms with Gasteiger partial charge in [-0.1, -0.05) is 18.6 Å². The molecule has 0 aliphatic heterocycles. The number of amides is 2. The Morgan fingerprint density at radius 2 is 2.04 bits per heavy atom. The van der Waals surface area contributed by atoms with Crippen molar-refractivity contribution in [2.24, 2.45) is 0 Å². The average molecular weight is 343 g/mol. The Balaban J connectivity index is 1.42. The third-order valence-electron chi connectivity index (χ3n) is 4.42. The highest BCUT2D eigenvalue weighted by atomic mass is 16.5. The first kappa shape index (κ1) is 17.3. The molecule has 1 fully saturated rings. The van der Waals surface area contributed by atoms with E-state index in [2.05, 4.69) is 25.8 Å². The van der Waals surface area contributed by atoms with Crippen molar-refractivity contribution in [2.75, 3.05) is 0 Å². The van der Waals surface area contributed by atoms with Gasteiger partial charge < -0.3 is 15.4 Å². The lowest BCUT2D eigenvalue weighted by atomic mass is 9.98. The maximum absolute atomic E-state index is 11.9. The number of aromatic amines is 1. The van der Waals surface area contributed by atoms with Crippen LogP contribution in [-0.2, 0) is 6.54 Å². The molecular weight excluding hydrogens is 318 g/mol. The summed E-state index contributed by atoms with van der Waals surface area (Å²) in [6.07, 6.45) is 7.90. The zero-order valence-electron chi connectivity index (χ0n) is 14.5. The van der Waals surface area contributed by atoms with Crippen LogP contribution in [0, 0.1) is 0 Å². The molecule has 134 valence electrons. The first-order chi connectivity index (χ1) is 12.2. The van der Waals surface area contributed by atoms with Gasteiger partial charge in [0.25, 0.3) is 0 Å². The molecule has 2 aromatic rings. The molecule has 25 heavy (non-hydrogen) atoms. The maximum atomic E-state index is 11.9. The minimum absolute atomic E-state index is 0.228. The van der Waals surface area contributed by atoms with E-state index in [4.69, 9.17) is 4.74 Å². The van der Waals surface area contributed by atoms with Gasteiger partial charge in [-0.2, -0.15) is 5.10 Å². The van der Waals surface area contributed by atoms with Gasteiger partial charge in [0.1, 0.15) is 17.9 Å². The highest BCUT2D eigenvalue weighted by Crippen LogP contribution is 2.23. The Kier molecular flexibility index (Phi) is 5.87. The standard InChI is InChI=1S/C18H25N5O2/c1-13(17-20-12-21-23-17)22-18(24)19-11-14-7-9-16(10-8-14)25-15-5-3-2-4-6-15/h7-10,12-13,15H,2-6,11H2,1H3,(H2,19,22,24)(H,20,21,23)/t13-/m1/s1. The van der Waals surface area contributed by atoms with Crippen molar-refractivity contribution in [3.8, 4) is 5.75 Å². The van der Waals surface area contributed by atoms with Crippen molar-refractivity contribution in [3.63, 3.8) is 0 Å². The summed E-state index contributed by atoms with van der Waals surface area (Å²) in [7, 11) is 0. The van der Waals surface area contributed by atoms with Crippen LogP contribution in [0.2, 0.25) is 0 Å². The van der Waals surface area contributed by atoms with Crippen LogP contribution in [0.3, 0.4) is 0 Å². The summed E-state index contributed by atoms with van der Waals surface area (Å²) in [5, 5.41) is 12.2. The van der Waals surface area contributed by atoms with Gasteiger partial charge in [0.2, 0.25) is 0 Å². The molecule has 1 heterocycles. The monoisotopic (exact) mass is 343 g/mol. The maximum Gasteiger partial charge on any atom is 0.315 e. The molecule has 3 rings (SSSR count). The van der Waals surface area contributed by atoms with Crippen LogP contribution < -0.4 is 15.4 Å². The molecule has 1 saturated carbocycles. The second kappa shape index (κ2) is 8.50. The molecule has 2 amide bonds. The lowest BCUT2D eigenvalue weighted by molar-refractivity contribution is 0.155. The van der Waals surface area contributed by atoms with Crippen molar-refractivity contribution >= 4 is 6.03 Å². The van der Waals surface area contributed by atoms with Crippen LogP contribution in [0.1, 0.15) is 56.5 Å². The van der Waals surface area contributed by atoms with Gasteiger partial charge in [-0.25, -0.2) is 9.78 Å². The summed E-state index contributed by atoms with van der Waals surface area (Å²) in [4.78, 5) is 16.0. The molecule has 1 aromatic heterocycles. The molecule has 0 bridgehead atoms. The van der Waals surface area contributed by atoms with Crippen LogP contribution in [0.5, 0.6) is 5.75 Å². The second-order valence-electron chi connectivity index (χ2n) is 6.44. The van der Waals surface area contributed by atoms with Crippen LogP contribution >= 0.6 is 0 Å². The minimum atomic E-state index is -0.244. The lowest BCUT2D eigenvalue weighted by Gasteiger charge is -2.23. The van der Waals surface area contributed by atoms with Gasteiger partial charge >= 0.3 is 6.03 Å². The second-order valence-corrected chi connectivity index (χ2v) is 6.44. The van der Waals surface area contributed by atoms with Crippen LogP contribution in [0.4, 0.5) is 4.79 Å². The molecule has 1 aliphatic rings. The number of carbonyl (C=O) groups excluding carboxylic acids is 1. The Hall–Kier alpha value is -2.57. The zero-order chi connectivity index (χ0) is 17.5. The van der Waals surface area contributed by atoms with E-state index in [1.165, 1.54) is 25.6 Å². The van der Waals surface area contributed by atoms with Crippen molar-refractivity contribution in [1.29, 1.82) is 0 Å². The summed E-state index contributed by atoms with van der Waals surface area (Å²) < 4.78 is 6.01. The van der Waals surface area contributed by atoms with Crippen molar-refractivity contribution in [1.82, 2.24) is 25.8 Å². The van der Waals surface area contributed by atoms with Crippen molar-refractivity contribution < 1.29 is 9.53 Å². The fourth-order valence-electron chi connectivity index (χ4n) is 2.98. The number of hydrogen-bond acceptors (Lipinski definition) is 4. The van der Waals surface area contributed by atoms with E-state index in [1.807, 2.05) is 31.2 Å². The normalized spacial score (nSPS) is 16.2. The smallest absolute Gasteiger partial charge is 0.315 e. The fourth-order valence-corrected chi connectivity index (χ4v) is 2.98. The molecule has 0 unspecified atom stereocenters. The third kappa shape index (κ3) is 5.20.